The van der Waals surface area contributed by atoms with Gasteiger partial charge in [-0.1, -0.05) is 24.4 Å². The first-order valence-electron chi connectivity index (χ1n) is 9.26. The zero-order chi connectivity index (χ0) is 16.8. The van der Waals surface area contributed by atoms with Gasteiger partial charge in [0.1, 0.15) is 18.0 Å². The highest BCUT2D eigenvalue weighted by molar-refractivity contribution is 6.30. The molecular formula is C19H29ClN2O2. The number of ether oxygens (including phenoxy) is 1. The summed E-state index contributed by atoms with van der Waals surface area (Å²) >= 11 is 5.90. The Morgan fingerprint density at radius 1 is 0.958 bits per heavy atom. The average molecular weight is 353 g/mol. The van der Waals surface area contributed by atoms with Crippen LogP contribution in [0.2, 0.25) is 5.02 Å². The molecule has 0 bridgehead atoms. The van der Waals surface area contributed by atoms with Crippen molar-refractivity contribution in [3.63, 3.8) is 0 Å². The standard InChI is InChI=1S/C19H29ClN2O2/c20-16-5-7-17(8-6-16)24-19-9-12-22(15-18(19)23)14-13-21-10-3-1-2-4-11-21/h5-8,18-19,23H,1-4,9-15H2/t18-,19-/m1/s1. The van der Waals surface area contributed by atoms with E-state index in [2.05, 4.69) is 9.80 Å². The molecule has 0 amide bonds. The monoisotopic (exact) mass is 352 g/mol. The van der Waals surface area contributed by atoms with Gasteiger partial charge in [-0.3, -0.25) is 4.90 Å². The molecule has 5 heteroatoms. The number of hydrogen-bond donors (Lipinski definition) is 1. The number of likely N-dealkylation sites (tertiary alicyclic amines) is 2. The molecule has 2 heterocycles. The van der Waals surface area contributed by atoms with Gasteiger partial charge in [0, 0.05) is 31.2 Å². The molecule has 0 aliphatic carbocycles. The summed E-state index contributed by atoms with van der Waals surface area (Å²) in [6.45, 7) is 6.33. The van der Waals surface area contributed by atoms with Crippen molar-refractivity contribution < 1.29 is 9.84 Å². The Kier molecular flexibility index (Phi) is 6.78. The number of aliphatic hydroxyl groups is 1. The molecule has 2 atom stereocenters. The van der Waals surface area contributed by atoms with Crippen molar-refractivity contribution in [3.05, 3.63) is 29.3 Å². The topological polar surface area (TPSA) is 35.9 Å². The summed E-state index contributed by atoms with van der Waals surface area (Å²) < 4.78 is 5.94. The molecule has 1 aromatic carbocycles. The van der Waals surface area contributed by atoms with Crippen LogP contribution < -0.4 is 4.74 Å². The second kappa shape index (κ2) is 9.04. The van der Waals surface area contributed by atoms with E-state index in [0.29, 0.717) is 11.6 Å². The van der Waals surface area contributed by atoms with E-state index in [1.54, 1.807) is 0 Å². The van der Waals surface area contributed by atoms with Gasteiger partial charge in [-0.05, 0) is 56.6 Å². The van der Waals surface area contributed by atoms with Crippen molar-refractivity contribution in [2.45, 2.75) is 44.3 Å². The SMILES string of the molecule is O[C@@H]1CN(CCN2CCCCCC2)CC[C@H]1Oc1ccc(Cl)cc1. The van der Waals surface area contributed by atoms with Crippen molar-refractivity contribution in [2.24, 2.45) is 0 Å². The fourth-order valence-electron chi connectivity index (χ4n) is 3.65. The van der Waals surface area contributed by atoms with Gasteiger partial charge >= 0.3 is 0 Å². The third-order valence-corrected chi connectivity index (χ3v) is 5.39. The molecule has 134 valence electrons. The van der Waals surface area contributed by atoms with Crippen LogP contribution >= 0.6 is 11.6 Å². The number of piperidine rings is 1. The highest BCUT2D eigenvalue weighted by atomic mass is 35.5. The molecule has 2 aliphatic rings. The van der Waals surface area contributed by atoms with Crippen LogP contribution in [0.5, 0.6) is 5.75 Å². The van der Waals surface area contributed by atoms with Gasteiger partial charge in [0.2, 0.25) is 0 Å². The third-order valence-electron chi connectivity index (χ3n) is 5.14. The summed E-state index contributed by atoms with van der Waals surface area (Å²) in [4.78, 5) is 4.95. The van der Waals surface area contributed by atoms with E-state index in [1.165, 1.54) is 38.8 Å². The first kappa shape index (κ1) is 18.0. The van der Waals surface area contributed by atoms with Gasteiger partial charge in [-0.15, -0.1) is 0 Å². The average Bonchev–Trinajstić information content (AvgIpc) is 2.86. The number of halogens is 1. The van der Waals surface area contributed by atoms with Crippen LogP contribution in [-0.2, 0) is 0 Å². The van der Waals surface area contributed by atoms with Crippen LogP contribution in [0.25, 0.3) is 0 Å². The molecule has 2 saturated heterocycles. The third kappa shape index (κ3) is 5.35. The van der Waals surface area contributed by atoms with Crippen molar-refractivity contribution >= 4 is 11.6 Å². The van der Waals surface area contributed by atoms with E-state index in [0.717, 1.165) is 31.8 Å². The predicted molar refractivity (Wildman–Crippen MR) is 97.8 cm³/mol. The van der Waals surface area contributed by atoms with E-state index in [-0.39, 0.29) is 6.10 Å². The van der Waals surface area contributed by atoms with Crippen molar-refractivity contribution in [1.82, 2.24) is 9.80 Å². The van der Waals surface area contributed by atoms with Crippen LogP contribution in [0.15, 0.2) is 24.3 Å². The fraction of sp³-hybridized carbons (Fsp3) is 0.684. The number of hydrogen-bond acceptors (Lipinski definition) is 4. The molecule has 0 radical (unpaired) electrons. The number of nitrogens with zero attached hydrogens (tertiary/aromatic N) is 2. The highest BCUT2D eigenvalue weighted by Gasteiger charge is 2.29. The summed E-state index contributed by atoms with van der Waals surface area (Å²) in [6, 6.07) is 7.36. The molecule has 4 nitrogen and oxygen atoms in total. The Hall–Kier alpha value is -0.810. The summed E-state index contributed by atoms with van der Waals surface area (Å²) in [6.07, 6.45) is 5.73. The first-order valence-corrected chi connectivity index (χ1v) is 9.63. The smallest absolute Gasteiger partial charge is 0.127 e. The van der Waals surface area contributed by atoms with Crippen molar-refractivity contribution in [1.29, 1.82) is 0 Å². The Morgan fingerprint density at radius 3 is 2.29 bits per heavy atom. The lowest BCUT2D eigenvalue weighted by molar-refractivity contribution is -0.0268. The minimum Gasteiger partial charge on any atom is -0.488 e. The van der Waals surface area contributed by atoms with E-state index in [4.69, 9.17) is 16.3 Å². The summed E-state index contributed by atoms with van der Waals surface area (Å²) in [5.41, 5.74) is 0. The van der Waals surface area contributed by atoms with Gasteiger partial charge in [0.05, 0.1) is 0 Å². The van der Waals surface area contributed by atoms with E-state index in [9.17, 15) is 5.11 Å². The number of rotatable bonds is 5. The lowest BCUT2D eigenvalue weighted by Crippen LogP contribution is -2.50. The Balaban J connectivity index is 1.42. The number of benzene rings is 1. The van der Waals surface area contributed by atoms with Gasteiger partial charge in [-0.2, -0.15) is 0 Å². The van der Waals surface area contributed by atoms with Gasteiger partial charge in [0.15, 0.2) is 0 Å². The Bertz CT molecular complexity index is 489. The first-order chi connectivity index (χ1) is 11.7. The van der Waals surface area contributed by atoms with Crippen molar-refractivity contribution in [2.75, 3.05) is 39.3 Å². The van der Waals surface area contributed by atoms with E-state index >= 15 is 0 Å². The second-order valence-corrected chi connectivity index (χ2v) is 7.46. The summed E-state index contributed by atoms with van der Waals surface area (Å²) in [5.74, 6) is 0.779. The molecule has 2 fully saturated rings. The molecule has 1 aromatic rings. The normalized spacial score (nSPS) is 26.9. The molecule has 0 spiro atoms. The van der Waals surface area contributed by atoms with Crippen LogP contribution in [0.3, 0.4) is 0 Å². The van der Waals surface area contributed by atoms with Gasteiger partial charge in [0.25, 0.3) is 0 Å². The summed E-state index contributed by atoms with van der Waals surface area (Å²) in [5, 5.41) is 11.1. The molecule has 3 rings (SSSR count). The molecule has 1 N–H and O–H groups in total. The molecule has 0 saturated carbocycles. The maximum atomic E-state index is 10.4. The largest absolute Gasteiger partial charge is 0.488 e. The zero-order valence-electron chi connectivity index (χ0n) is 14.4. The Morgan fingerprint density at radius 2 is 1.62 bits per heavy atom. The molecular weight excluding hydrogens is 324 g/mol. The van der Waals surface area contributed by atoms with Crippen LogP contribution in [-0.4, -0.2) is 66.4 Å². The summed E-state index contributed by atoms with van der Waals surface area (Å²) in [7, 11) is 0. The minimum absolute atomic E-state index is 0.124. The lowest BCUT2D eigenvalue weighted by Gasteiger charge is -2.36. The molecule has 24 heavy (non-hydrogen) atoms. The van der Waals surface area contributed by atoms with Crippen molar-refractivity contribution in [3.8, 4) is 5.75 Å². The second-order valence-electron chi connectivity index (χ2n) is 7.02. The van der Waals surface area contributed by atoms with Crippen LogP contribution in [0, 0.1) is 0 Å². The van der Waals surface area contributed by atoms with E-state index < -0.39 is 6.10 Å². The molecule has 0 aromatic heterocycles. The highest BCUT2D eigenvalue weighted by Crippen LogP contribution is 2.21. The van der Waals surface area contributed by atoms with Gasteiger partial charge in [-0.25, -0.2) is 0 Å². The van der Waals surface area contributed by atoms with Crippen LogP contribution in [0.1, 0.15) is 32.1 Å². The molecule has 2 aliphatic heterocycles. The molecule has 0 unspecified atom stereocenters. The number of β-amino-alcohol motifs (C(OH)–C–C–N with tert-alkyl or cyclic N) is 1. The van der Waals surface area contributed by atoms with Gasteiger partial charge < -0.3 is 14.7 Å². The number of aliphatic hydroxyl groups excluding tert-OH is 1. The maximum absolute atomic E-state index is 10.4. The Labute approximate surface area is 150 Å². The maximum Gasteiger partial charge on any atom is 0.127 e. The zero-order valence-corrected chi connectivity index (χ0v) is 15.1. The fourth-order valence-corrected chi connectivity index (χ4v) is 3.77. The quantitative estimate of drug-likeness (QED) is 0.883. The minimum atomic E-state index is -0.432. The van der Waals surface area contributed by atoms with Crippen LogP contribution in [0.4, 0.5) is 0 Å². The van der Waals surface area contributed by atoms with E-state index in [1.807, 2.05) is 24.3 Å². The lowest BCUT2D eigenvalue weighted by atomic mass is 10.0. The predicted octanol–water partition coefficient (Wildman–Crippen LogP) is 3.03.